The summed E-state index contributed by atoms with van der Waals surface area (Å²) in [5.41, 5.74) is 3.46. The summed E-state index contributed by atoms with van der Waals surface area (Å²) in [7, 11) is 1.76. The smallest absolute Gasteiger partial charge is 0.191 e. The molecule has 2 rings (SSSR count). The Bertz CT molecular complexity index is 602. The number of nitrogens with zero attached hydrogens (tertiary/aromatic N) is 2. The van der Waals surface area contributed by atoms with E-state index in [0.29, 0.717) is 12.5 Å². The first kappa shape index (κ1) is 17.1. The number of nitrogens with one attached hydrogen (secondary N) is 2. The molecule has 2 aromatic rings. The van der Waals surface area contributed by atoms with Crippen LogP contribution in [-0.2, 0) is 13.0 Å². The maximum atomic E-state index is 4.82. The highest BCUT2D eigenvalue weighted by molar-refractivity contribution is 5.80. The van der Waals surface area contributed by atoms with Gasteiger partial charge in [0.1, 0.15) is 12.0 Å². The van der Waals surface area contributed by atoms with Crippen molar-refractivity contribution in [1.29, 1.82) is 0 Å². The van der Waals surface area contributed by atoms with Gasteiger partial charge in [-0.1, -0.05) is 43.3 Å². The van der Waals surface area contributed by atoms with Crippen molar-refractivity contribution in [3.05, 3.63) is 53.4 Å². The van der Waals surface area contributed by atoms with E-state index in [2.05, 4.69) is 65.8 Å². The molecule has 0 aliphatic rings. The fourth-order valence-electron chi connectivity index (χ4n) is 2.40. The van der Waals surface area contributed by atoms with E-state index in [0.717, 1.165) is 18.1 Å². The molecule has 0 fully saturated rings. The topological polar surface area (TPSA) is 62.5 Å². The van der Waals surface area contributed by atoms with Crippen LogP contribution in [0, 0.1) is 5.92 Å². The van der Waals surface area contributed by atoms with Gasteiger partial charge < -0.3 is 15.2 Å². The van der Waals surface area contributed by atoms with Gasteiger partial charge in [-0.25, -0.2) is 0 Å². The molecule has 0 radical (unpaired) electrons. The molecule has 1 unspecified atom stereocenters. The van der Waals surface area contributed by atoms with Gasteiger partial charge in [-0.05, 0) is 30.4 Å². The van der Waals surface area contributed by atoms with Crippen molar-refractivity contribution in [1.82, 2.24) is 15.8 Å². The number of benzene rings is 1. The Morgan fingerprint density at radius 1 is 1.17 bits per heavy atom. The highest BCUT2D eigenvalue weighted by atomic mass is 16.5. The minimum Gasteiger partial charge on any atom is -0.364 e. The summed E-state index contributed by atoms with van der Waals surface area (Å²) in [4.78, 5) is 4.25. The number of hydrogen-bond donors (Lipinski definition) is 2. The number of hydrogen-bond acceptors (Lipinski definition) is 3. The number of guanidine groups is 1. The summed E-state index contributed by atoms with van der Waals surface area (Å²) in [6.07, 6.45) is 2.68. The third-order valence-electron chi connectivity index (χ3n) is 3.63. The van der Waals surface area contributed by atoms with Gasteiger partial charge in [0.15, 0.2) is 5.96 Å². The highest BCUT2D eigenvalue weighted by Crippen LogP contribution is 2.15. The summed E-state index contributed by atoms with van der Waals surface area (Å²) in [5, 5.41) is 10.5. The zero-order chi connectivity index (χ0) is 16.7. The van der Waals surface area contributed by atoms with Crippen LogP contribution in [0.1, 0.15) is 43.6 Å². The predicted octanol–water partition coefficient (Wildman–Crippen LogP) is 3.30. The Balaban J connectivity index is 1.89. The van der Waals surface area contributed by atoms with Gasteiger partial charge in [0.25, 0.3) is 0 Å². The van der Waals surface area contributed by atoms with Crippen LogP contribution >= 0.6 is 0 Å². The zero-order valence-electron chi connectivity index (χ0n) is 14.3. The van der Waals surface area contributed by atoms with Gasteiger partial charge in [0.05, 0.1) is 12.6 Å². The van der Waals surface area contributed by atoms with Crippen LogP contribution in [0.15, 0.2) is 46.1 Å². The number of aromatic nitrogens is 1. The fourth-order valence-corrected chi connectivity index (χ4v) is 2.40. The molecule has 5 heteroatoms. The molecule has 1 heterocycles. The average Bonchev–Trinajstić information content (AvgIpc) is 3.04. The largest absolute Gasteiger partial charge is 0.364 e. The van der Waals surface area contributed by atoms with Crippen molar-refractivity contribution in [3.8, 4) is 0 Å². The van der Waals surface area contributed by atoms with E-state index < -0.39 is 0 Å². The van der Waals surface area contributed by atoms with Gasteiger partial charge in [0.2, 0.25) is 0 Å². The Morgan fingerprint density at radius 3 is 2.48 bits per heavy atom. The summed E-state index contributed by atoms with van der Waals surface area (Å²) in [5.74, 6) is 1.42. The molecule has 1 atom stereocenters. The van der Waals surface area contributed by atoms with Crippen LogP contribution in [0.5, 0.6) is 0 Å². The molecule has 124 valence electrons. The van der Waals surface area contributed by atoms with E-state index in [1.807, 2.05) is 6.07 Å². The first-order chi connectivity index (χ1) is 11.1. The van der Waals surface area contributed by atoms with E-state index in [1.165, 1.54) is 11.1 Å². The molecule has 0 saturated carbocycles. The third kappa shape index (κ3) is 5.43. The molecule has 0 saturated heterocycles. The lowest BCUT2D eigenvalue weighted by atomic mass is 10.00. The molecule has 2 N–H and O–H groups in total. The fraction of sp³-hybridized carbons (Fsp3) is 0.444. The minimum absolute atomic E-state index is 0.173. The Labute approximate surface area is 138 Å². The quantitative estimate of drug-likeness (QED) is 0.634. The van der Waals surface area contributed by atoms with Crippen molar-refractivity contribution >= 4 is 5.96 Å². The van der Waals surface area contributed by atoms with E-state index in [-0.39, 0.29) is 6.04 Å². The predicted molar refractivity (Wildman–Crippen MR) is 93.2 cm³/mol. The van der Waals surface area contributed by atoms with Crippen LogP contribution < -0.4 is 10.6 Å². The Kier molecular flexibility index (Phi) is 6.20. The highest BCUT2D eigenvalue weighted by Gasteiger charge is 2.08. The molecule has 0 aliphatic heterocycles. The van der Waals surface area contributed by atoms with Gasteiger partial charge >= 0.3 is 0 Å². The van der Waals surface area contributed by atoms with E-state index in [1.54, 1.807) is 13.3 Å². The number of aliphatic imine (C=N–C) groups is 1. The molecule has 0 amide bonds. The molecular weight excluding hydrogens is 288 g/mol. The lowest BCUT2D eigenvalue weighted by Gasteiger charge is -2.18. The second-order valence-corrected chi connectivity index (χ2v) is 6.12. The summed E-state index contributed by atoms with van der Waals surface area (Å²) in [6, 6.07) is 10.8. The maximum Gasteiger partial charge on any atom is 0.191 e. The Hall–Kier alpha value is -2.30. The molecule has 23 heavy (non-hydrogen) atoms. The van der Waals surface area contributed by atoms with Crippen LogP contribution in [0.4, 0.5) is 0 Å². The first-order valence-electron chi connectivity index (χ1n) is 8.03. The summed E-state index contributed by atoms with van der Waals surface area (Å²) in [6.45, 7) is 7.18. The van der Waals surface area contributed by atoms with Gasteiger partial charge in [-0.3, -0.25) is 4.99 Å². The SMILES string of the molecule is CN=C(NCc1ccon1)NC(C)c1ccc(CC(C)C)cc1. The molecule has 1 aromatic heterocycles. The van der Waals surface area contributed by atoms with Crippen molar-refractivity contribution in [2.24, 2.45) is 10.9 Å². The molecular formula is C18H26N4O. The van der Waals surface area contributed by atoms with E-state index in [4.69, 9.17) is 4.52 Å². The second kappa shape index (κ2) is 8.36. The molecule has 0 bridgehead atoms. The van der Waals surface area contributed by atoms with Crippen molar-refractivity contribution < 1.29 is 4.52 Å². The summed E-state index contributed by atoms with van der Waals surface area (Å²) >= 11 is 0. The van der Waals surface area contributed by atoms with Crippen LogP contribution in [0.25, 0.3) is 0 Å². The monoisotopic (exact) mass is 314 g/mol. The Morgan fingerprint density at radius 2 is 1.91 bits per heavy atom. The summed E-state index contributed by atoms with van der Waals surface area (Å²) < 4.78 is 4.82. The van der Waals surface area contributed by atoms with Crippen LogP contribution in [0.3, 0.4) is 0 Å². The van der Waals surface area contributed by atoms with Crippen LogP contribution in [-0.4, -0.2) is 18.2 Å². The van der Waals surface area contributed by atoms with Gasteiger partial charge in [-0.2, -0.15) is 0 Å². The van der Waals surface area contributed by atoms with E-state index in [9.17, 15) is 0 Å². The second-order valence-electron chi connectivity index (χ2n) is 6.12. The van der Waals surface area contributed by atoms with Gasteiger partial charge in [0, 0.05) is 13.1 Å². The van der Waals surface area contributed by atoms with Crippen LogP contribution in [0.2, 0.25) is 0 Å². The van der Waals surface area contributed by atoms with Crippen molar-refractivity contribution in [2.75, 3.05) is 7.05 Å². The number of rotatable bonds is 6. The van der Waals surface area contributed by atoms with Crippen molar-refractivity contribution in [3.63, 3.8) is 0 Å². The molecule has 5 nitrogen and oxygen atoms in total. The third-order valence-corrected chi connectivity index (χ3v) is 3.63. The van der Waals surface area contributed by atoms with Crippen molar-refractivity contribution in [2.45, 2.75) is 39.8 Å². The standard InChI is InChI=1S/C18H26N4O/c1-13(2)11-15-5-7-16(8-6-15)14(3)21-18(19-4)20-12-17-9-10-23-22-17/h5-10,13-14H,11-12H2,1-4H3,(H2,19,20,21). The normalized spacial score (nSPS) is 13.2. The first-order valence-corrected chi connectivity index (χ1v) is 8.03. The van der Waals surface area contributed by atoms with Gasteiger partial charge in [-0.15, -0.1) is 0 Å². The zero-order valence-corrected chi connectivity index (χ0v) is 14.3. The molecule has 1 aromatic carbocycles. The average molecular weight is 314 g/mol. The molecule has 0 spiro atoms. The lowest BCUT2D eigenvalue weighted by molar-refractivity contribution is 0.410. The lowest BCUT2D eigenvalue weighted by Crippen LogP contribution is -2.38. The molecule has 0 aliphatic carbocycles. The minimum atomic E-state index is 0.173. The maximum absolute atomic E-state index is 4.82. The van der Waals surface area contributed by atoms with E-state index >= 15 is 0 Å².